The van der Waals surface area contributed by atoms with Crippen LogP contribution in [-0.2, 0) is 0 Å². The Balaban J connectivity index is 2.64. The van der Waals surface area contributed by atoms with Crippen LogP contribution in [0.3, 0.4) is 0 Å². The van der Waals surface area contributed by atoms with Gasteiger partial charge in [0.25, 0.3) is 0 Å². The first-order valence-electron chi connectivity index (χ1n) is 3.04. The number of hydrogen-bond donors (Lipinski definition) is 0. The highest BCUT2D eigenvalue weighted by molar-refractivity contribution is 5.49. The molecular formula is C9H6. The number of allylic oxidation sites excluding steroid dienone is 6. The van der Waals surface area contributed by atoms with E-state index in [9.17, 15) is 0 Å². The van der Waals surface area contributed by atoms with Crippen LogP contribution < -0.4 is 0 Å². The molecule has 0 nitrogen and oxygen atoms in total. The average Bonchev–Trinajstić information content (AvgIpc) is 2.33. The Morgan fingerprint density at radius 1 is 1.44 bits per heavy atom. The summed E-state index contributed by atoms with van der Waals surface area (Å²) in [7, 11) is 0. The minimum absolute atomic E-state index is 1.03. The summed E-state index contributed by atoms with van der Waals surface area (Å²) >= 11 is 0. The van der Waals surface area contributed by atoms with Gasteiger partial charge in [0.05, 0.1) is 0 Å². The van der Waals surface area contributed by atoms with Crippen molar-refractivity contribution in [1.29, 1.82) is 0 Å². The minimum Gasteiger partial charge on any atom is -0.0788 e. The Kier molecular flexibility index (Phi) is 0.841. The maximum absolute atomic E-state index is 3.06. The third-order valence-corrected chi connectivity index (χ3v) is 1.54. The van der Waals surface area contributed by atoms with E-state index in [1.54, 1.807) is 0 Å². The summed E-state index contributed by atoms with van der Waals surface area (Å²) in [6.45, 7) is 0. The van der Waals surface area contributed by atoms with Crippen LogP contribution in [0.25, 0.3) is 0 Å². The zero-order chi connectivity index (χ0) is 6.10. The van der Waals surface area contributed by atoms with E-state index in [1.165, 1.54) is 11.1 Å². The van der Waals surface area contributed by atoms with E-state index in [2.05, 4.69) is 29.7 Å². The fourth-order valence-electron chi connectivity index (χ4n) is 1.06. The van der Waals surface area contributed by atoms with E-state index < -0.39 is 0 Å². The van der Waals surface area contributed by atoms with E-state index >= 15 is 0 Å². The fourth-order valence-corrected chi connectivity index (χ4v) is 1.06. The Morgan fingerprint density at radius 2 is 2.44 bits per heavy atom. The molecule has 0 unspecified atom stereocenters. The molecule has 0 aliphatic heterocycles. The largest absolute Gasteiger partial charge is 0.0788 e. The first-order valence-corrected chi connectivity index (χ1v) is 3.04. The Morgan fingerprint density at radius 3 is 3.33 bits per heavy atom. The zero-order valence-corrected chi connectivity index (χ0v) is 5.02. The summed E-state index contributed by atoms with van der Waals surface area (Å²) in [5.74, 6) is 0. The van der Waals surface area contributed by atoms with Crippen LogP contribution in [0.1, 0.15) is 6.42 Å². The highest BCUT2D eigenvalue weighted by atomic mass is 14.1. The van der Waals surface area contributed by atoms with E-state index in [0.29, 0.717) is 0 Å². The van der Waals surface area contributed by atoms with E-state index in [1.807, 2.05) is 6.08 Å². The molecule has 2 aliphatic rings. The van der Waals surface area contributed by atoms with Crippen molar-refractivity contribution >= 4 is 0 Å². The van der Waals surface area contributed by atoms with Crippen LogP contribution in [-0.4, -0.2) is 0 Å². The standard InChI is InChI=1S/C9H6/c1-2-5-9-7-3-6-8(9)4-1/h1,3-4,6H,7H2. The van der Waals surface area contributed by atoms with Crippen LogP contribution in [0.5, 0.6) is 0 Å². The molecule has 0 aromatic carbocycles. The van der Waals surface area contributed by atoms with Gasteiger partial charge in [0.2, 0.25) is 0 Å². The lowest BCUT2D eigenvalue weighted by Crippen LogP contribution is -1.76. The Labute approximate surface area is 54.2 Å². The van der Waals surface area contributed by atoms with Gasteiger partial charge in [0, 0.05) is 5.57 Å². The van der Waals surface area contributed by atoms with Crippen molar-refractivity contribution in [3.05, 3.63) is 46.9 Å². The molecule has 0 N–H and O–H groups in total. The maximum atomic E-state index is 3.06. The molecule has 0 heteroatoms. The van der Waals surface area contributed by atoms with Gasteiger partial charge < -0.3 is 0 Å². The van der Waals surface area contributed by atoms with E-state index in [4.69, 9.17) is 0 Å². The molecule has 0 aromatic rings. The molecule has 0 fully saturated rings. The summed E-state index contributed by atoms with van der Waals surface area (Å²) in [5.41, 5.74) is 8.56. The molecule has 0 saturated heterocycles. The first-order chi connectivity index (χ1) is 4.47. The van der Waals surface area contributed by atoms with Crippen molar-refractivity contribution in [2.75, 3.05) is 0 Å². The summed E-state index contributed by atoms with van der Waals surface area (Å²) < 4.78 is 0. The van der Waals surface area contributed by atoms with Gasteiger partial charge in [0.15, 0.2) is 0 Å². The second-order valence-corrected chi connectivity index (χ2v) is 2.14. The molecule has 0 spiro atoms. The first kappa shape index (κ1) is 4.64. The number of fused-ring (bicyclic) bond motifs is 1. The van der Waals surface area contributed by atoms with Gasteiger partial charge in [-0.15, -0.1) is 0 Å². The van der Waals surface area contributed by atoms with Gasteiger partial charge >= 0.3 is 0 Å². The number of hydrogen-bond acceptors (Lipinski definition) is 0. The summed E-state index contributed by atoms with van der Waals surface area (Å²) in [5, 5.41) is 0. The van der Waals surface area contributed by atoms with Crippen molar-refractivity contribution in [2.24, 2.45) is 0 Å². The van der Waals surface area contributed by atoms with Crippen LogP contribution >= 0.6 is 0 Å². The van der Waals surface area contributed by atoms with E-state index in [0.717, 1.165) is 6.42 Å². The predicted molar refractivity (Wildman–Crippen MR) is 36.9 cm³/mol. The van der Waals surface area contributed by atoms with Gasteiger partial charge in [-0.3, -0.25) is 0 Å². The normalized spacial score (nSPS) is 19.6. The van der Waals surface area contributed by atoms with Crippen molar-refractivity contribution in [1.82, 2.24) is 0 Å². The molecule has 0 heterocycles. The maximum Gasteiger partial charge on any atom is 0.0134 e. The third kappa shape index (κ3) is 0.622. The van der Waals surface area contributed by atoms with Crippen molar-refractivity contribution < 1.29 is 0 Å². The smallest absolute Gasteiger partial charge is 0.0134 e. The Bertz CT molecular complexity index is 288. The zero-order valence-electron chi connectivity index (χ0n) is 5.02. The fraction of sp³-hybridized carbons (Fsp3) is 0.111. The minimum atomic E-state index is 1.03. The van der Waals surface area contributed by atoms with Crippen molar-refractivity contribution in [2.45, 2.75) is 6.42 Å². The highest BCUT2D eigenvalue weighted by Crippen LogP contribution is 2.23. The van der Waals surface area contributed by atoms with Crippen LogP contribution in [0.2, 0.25) is 0 Å². The topological polar surface area (TPSA) is 0 Å². The van der Waals surface area contributed by atoms with Crippen molar-refractivity contribution in [3.8, 4) is 0 Å². The predicted octanol–water partition coefficient (Wildman–Crippen LogP) is 2.12. The summed E-state index contributed by atoms with van der Waals surface area (Å²) in [4.78, 5) is 0. The van der Waals surface area contributed by atoms with Gasteiger partial charge in [-0.25, -0.2) is 0 Å². The molecule has 42 valence electrons. The summed E-state index contributed by atoms with van der Waals surface area (Å²) in [6, 6.07) is 0. The van der Waals surface area contributed by atoms with E-state index in [-0.39, 0.29) is 0 Å². The van der Waals surface area contributed by atoms with Gasteiger partial charge in [-0.1, -0.05) is 23.6 Å². The molecule has 2 aliphatic carbocycles. The molecule has 0 saturated carbocycles. The van der Waals surface area contributed by atoms with Crippen LogP contribution in [0, 0.1) is 0 Å². The Hall–Kier alpha value is -1.22. The third-order valence-electron chi connectivity index (χ3n) is 1.54. The quantitative estimate of drug-likeness (QED) is 0.423. The molecule has 0 radical (unpaired) electrons. The number of rotatable bonds is 0. The lowest BCUT2D eigenvalue weighted by molar-refractivity contribution is 1.32. The second kappa shape index (κ2) is 1.63. The van der Waals surface area contributed by atoms with Gasteiger partial charge in [-0.05, 0) is 24.1 Å². The average molecular weight is 114 g/mol. The molecule has 0 atom stereocenters. The van der Waals surface area contributed by atoms with Crippen LogP contribution in [0.4, 0.5) is 0 Å². The highest BCUT2D eigenvalue weighted by Gasteiger charge is 2.05. The molecular weight excluding hydrogens is 108 g/mol. The lowest BCUT2D eigenvalue weighted by Gasteiger charge is -1.93. The molecule has 0 amide bonds. The molecule has 2 rings (SSSR count). The van der Waals surface area contributed by atoms with Gasteiger partial charge in [-0.2, -0.15) is 0 Å². The summed E-state index contributed by atoms with van der Waals surface area (Å²) in [6.07, 6.45) is 9.27. The molecule has 0 bridgehead atoms. The SMILES string of the molecule is C1=C=C2CC=CC2=CC=1. The molecule has 0 aromatic heterocycles. The second-order valence-electron chi connectivity index (χ2n) is 2.14. The van der Waals surface area contributed by atoms with Gasteiger partial charge in [0.1, 0.15) is 0 Å². The monoisotopic (exact) mass is 114 g/mol. The van der Waals surface area contributed by atoms with Crippen LogP contribution in [0.15, 0.2) is 46.9 Å². The lowest BCUT2D eigenvalue weighted by atomic mass is 10.1. The van der Waals surface area contributed by atoms with Crippen molar-refractivity contribution in [3.63, 3.8) is 0 Å². The molecule has 9 heavy (non-hydrogen) atoms.